The highest BCUT2D eigenvalue weighted by atomic mass is 19.4. The molecule has 1 saturated heterocycles. The molecule has 0 atom stereocenters. The summed E-state index contributed by atoms with van der Waals surface area (Å²) in [4.78, 5) is 17.2. The predicted octanol–water partition coefficient (Wildman–Crippen LogP) is 2.16. The Morgan fingerprint density at radius 3 is 2.65 bits per heavy atom. The summed E-state index contributed by atoms with van der Waals surface area (Å²) in [6.45, 7) is 0.161. The average Bonchev–Trinajstić information content (AvgIpc) is 2.52. The summed E-state index contributed by atoms with van der Waals surface area (Å²) in [5, 5.41) is 9.56. The Morgan fingerprint density at radius 1 is 1.39 bits per heavy atom. The van der Waals surface area contributed by atoms with Crippen LogP contribution in [-0.4, -0.2) is 52.4 Å². The molecular formula is C15H19F3N2O3. The Kier molecular flexibility index (Phi) is 5.46. The molecule has 5 nitrogen and oxygen atoms in total. The van der Waals surface area contributed by atoms with Crippen molar-refractivity contribution in [2.24, 2.45) is 0 Å². The maximum atomic E-state index is 12.7. The molecule has 1 aromatic rings. The lowest BCUT2D eigenvalue weighted by Crippen LogP contribution is -2.54. The van der Waals surface area contributed by atoms with Crippen LogP contribution < -0.4 is 4.74 Å². The van der Waals surface area contributed by atoms with E-state index in [1.54, 1.807) is 24.5 Å². The normalized spacial score (nSPS) is 17.8. The van der Waals surface area contributed by atoms with Crippen molar-refractivity contribution >= 4 is 5.91 Å². The van der Waals surface area contributed by atoms with Crippen molar-refractivity contribution in [3.8, 4) is 5.75 Å². The van der Waals surface area contributed by atoms with Crippen molar-refractivity contribution in [1.82, 2.24) is 9.88 Å². The number of amides is 1. The Labute approximate surface area is 132 Å². The Balaban J connectivity index is 1.69. The minimum absolute atomic E-state index is 0.0850. The number of hydrogen-bond acceptors (Lipinski definition) is 4. The van der Waals surface area contributed by atoms with Crippen molar-refractivity contribution in [3.05, 3.63) is 24.5 Å². The number of rotatable bonds is 5. The van der Waals surface area contributed by atoms with Crippen molar-refractivity contribution in [2.75, 3.05) is 19.7 Å². The Hall–Kier alpha value is -1.83. The van der Waals surface area contributed by atoms with Gasteiger partial charge in [-0.1, -0.05) is 0 Å². The van der Waals surface area contributed by atoms with Gasteiger partial charge in [-0.05, 0) is 18.6 Å². The number of nitrogens with zero attached hydrogens (tertiary/aromatic N) is 2. The average molecular weight is 332 g/mol. The van der Waals surface area contributed by atoms with Gasteiger partial charge >= 0.3 is 6.18 Å². The van der Waals surface area contributed by atoms with E-state index >= 15 is 0 Å². The Bertz CT molecular complexity index is 514. The summed E-state index contributed by atoms with van der Waals surface area (Å²) in [7, 11) is 0. The molecule has 1 fully saturated rings. The third-order valence-electron chi connectivity index (χ3n) is 3.91. The quantitative estimate of drug-likeness (QED) is 0.840. The first-order valence-electron chi connectivity index (χ1n) is 7.41. The summed E-state index contributed by atoms with van der Waals surface area (Å²) in [5.41, 5.74) is -2.67. The number of halogens is 3. The zero-order valence-corrected chi connectivity index (χ0v) is 12.6. The summed E-state index contributed by atoms with van der Waals surface area (Å²) in [6, 6.07) is 3.48. The molecule has 0 unspecified atom stereocenters. The van der Waals surface area contributed by atoms with Crippen LogP contribution in [0.3, 0.4) is 0 Å². The van der Waals surface area contributed by atoms with E-state index in [1.807, 2.05) is 0 Å². The second-order valence-corrected chi connectivity index (χ2v) is 5.55. The van der Waals surface area contributed by atoms with Crippen LogP contribution in [0.15, 0.2) is 24.5 Å². The number of piperidine rings is 1. The maximum Gasteiger partial charge on any atom is 0.417 e. The van der Waals surface area contributed by atoms with E-state index in [9.17, 15) is 23.1 Å². The molecule has 1 aliphatic heterocycles. The summed E-state index contributed by atoms with van der Waals surface area (Å²) in [5.74, 6) is 0.386. The number of hydrogen-bond donors (Lipinski definition) is 1. The standard InChI is InChI=1S/C15H19F3N2O3/c16-15(17,18)14(22)5-8-20(9-6-14)13(21)4-2-10-23-12-3-1-7-19-11-12/h1,3,7,11,22H,2,4-6,8-10H2. The second kappa shape index (κ2) is 7.16. The summed E-state index contributed by atoms with van der Waals surface area (Å²) < 4.78 is 43.5. The van der Waals surface area contributed by atoms with Gasteiger partial charge in [0.15, 0.2) is 5.60 Å². The first-order chi connectivity index (χ1) is 10.8. The molecule has 0 aromatic carbocycles. The summed E-state index contributed by atoms with van der Waals surface area (Å²) in [6.07, 6.45) is -1.76. The second-order valence-electron chi connectivity index (χ2n) is 5.55. The van der Waals surface area contributed by atoms with Crippen LogP contribution in [0.25, 0.3) is 0 Å². The SMILES string of the molecule is O=C(CCCOc1cccnc1)N1CCC(O)(C(F)(F)F)CC1. The number of aliphatic hydroxyl groups is 1. The highest BCUT2D eigenvalue weighted by Crippen LogP contribution is 2.38. The molecule has 1 N–H and O–H groups in total. The van der Waals surface area contributed by atoms with E-state index < -0.39 is 24.6 Å². The largest absolute Gasteiger partial charge is 0.492 e. The number of carbonyl (C=O) groups excluding carboxylic acids is 1. The monoisotopic (exact) mass is 332 g/mol. The molecule has 8 heteroatoms. The minimum atomic E-state index is -4.65. The van der Waals surface area contributed by atoms with E-state index in [4.69, 9.17) is 4.74 Å². The van der Waals surface area contributed by atoms with Crippen LogP contribution in [0.4, 0.5) is 13.2 Å². The fourth-order valence-corrected chi connectivity index (χ4v) is 2.41. The molecule has 23 heavy (non-hydrogen) atoms. The molecule has 2 rings (SSSR count). The third kappa shape index (κ3) is 4.57. The smallest absolute Gasteiger partial charge is 0.417 e. The van der Waals surface area contributed by atoms with Crippen LogP contribution in [0.2, 0.25) is 0 Å². The zero-order chi connectivity index (χ0) is 16.9. The minimum Gasteiger partial charge on any atom is -0.492 e. The van der Waals surface area contributed by atoms with Gasteiger partial charge in [-0.25, -0.2) is 0 Å². The molecule has 1 amide bonds. The predicted molar refractivity (Wildman–Crippen MR) is 75.8 cm³/mol. The lowest BCUT2D eigenvalue weighted by molar-refractivity contribution is -0.272. The number of ether oxygens (including phenoxy) is 1. The molecular weight excluding hydrogens is 313 g/mol. The summed E-state index contributed by atoms with van der Waals surface area (Å²) >= 11 is 0. The molecule has 1 aromatic heterocycles. The van der Waals surface area contributed by atoms with Gasteiger partial charge in [-0.15, -0.1) is 0 Å². The van der Waals surface area contributed by atoms with Gasteiger partial charge in [-0.3, -0.25) is 9.78 Å². The molecule has 0 spiro atoms. The number of aromatic nitrogens is 1. The molecule has 0 saturated carbocycles. The van der Waals surface area contributed by atoms with Gasteiger partial charge in [0.25, 0.3) is 0 Å². The fraction of sp³-hybridized carbons (Fsp3) is 0.600. The van der Waals surface area contributed by atoms with Crippen LogP contribution in [-0.2, 0) is 4.79 Å². The first kappa shape index (κ1) is 17.5. The topological polar surface area (TPSA) is 62.7 Å². The molecule has 0 aliphatic carbocycles. The molecule has 0 radical (unpaired) electrons. The molecule has 2 heterocycles. The van der Waals surface area contributed by atoms with E-state index in [-0.39, 0.29) is 25.4 Å². The maximum absolute atomic E-state index is 12.7. The van der Waals surface area contributed by atoms with Crippen LogP contribution in [0.5, 0.6) is 5.75 Å². The van der Waals surface area contributed by atoms with Crippen LogP contribution in [0.1, 0.15) is 25.7 Å². The molecule has 1 aliphatic rings. The van der Waals surface area contributed by atoms with Gasteiger partial charge in [-0.2, -0.15) is 13.2 Å². The van der Waals surface area contributed by atoms with Crippen molar-refractivity contribution in [1.29, 1.82) is 0 Å². The number of likely N-dealkylation sites (tertiary alicyclic amines) is 1. The first-order valence-corrected chi connectivity index (χ1v) is 7.41. The number of alkyl halides is 3. The van der Waals surface area contributed by atoms with Crippen molar-refractivity contribution in [2.45, 2.75) is 37.5 Å². The third-order valence-corrected chi connectivity index (χ3v) is 3.91. The number of pyridine rings is 1. The molecule has 0 bridgehead atoms. The zero-order valence-electron chi connectivity index (χ0n) is 12.6. The van der Waals surface area contributed by atoms with Crippen LogP contribution >= 0.6 is 0 Å². The highest BCUT2D eigenvalue weighted by Gasteiger charge is 2.54. The fourth-order valence-electron chi connectivity index (χ4n) is 2.41. The lowest BCUT2D eigenvalue weighted by atomic mass is 9.90. The highest BCUT2D eigenvalue weighted by molar-refractivity contribution is 5.76. The van der Waals surface area contributed by atoms with Gasteiger partial charge in [0, 0.05) is 38.5 Å². The van der Waals surface area contributed by atoms with Gasteiger partial charge < -0.3 is 14.7 Å². The van der Waals surface area contributed by atoms with Gasteiger partial charge in [0.05, 0.1) is 12.8 Å². The van der Waals surface area contributed by atoms with Gasteiger partial charge in [0.1, 0.15) is 5.75 Å². The number of carbonyl (C=O) groups is 1. The van der Waals surface area contributed by atoms with Crippen molar-refractivity contribution < 1.29 is 27.8 Å². The van der Waals surface area contributed by atoms with Crippen molar-refractivity contribution in [3.63, 3.8) is 0 Å². The lowest BCUT2D eigenvalue weighted by Gasteiger charge is -2.39. The molecule has 128 valence electrons. The van der Waals surface area contributed by atoms with E-state index in [0.717, 1.165) is 0 Å². The van der Waals surface area contributed by atoms with E-state index in [2.05, 4.69) is 4.98 Å². The Morgan fingerprint density at radius 2 is 2.09 bits per heavy atom. The van der Waals surface area contributed by atoms with E-state index in [0.29, 0.717) is 18.8 Å². The van der Waals surface area contributed by atoms with E-state index in [1.165, 1.54) is 4.90 Å². The van der Waals surface area contributed by atoms with Gasteiger partial charge in [0.2, 0.25) is 5.91 Å². The van der Waals surface area contributed by atoms with Crippen LogP contribution in [0, 0.1) is 0 Å².